The normalized spacial score (nSPS) is 11.0. The van der Waals surface area contributed by atoms with Gasteiger partial charge in [0.15, 0.2) is 11.2 Å². The van der Waals surface area contributed by atoms with Gasteiger partial charge >= 0.3 is 5.97 Å². The monoisotopic (exact) mass is 284 g/mol. The quantitative estimate of drug-likeness (QED) is 0.563. The van der Waals surface area contributed by atoms with Gasteiger partial charge in [0.25, 0.3) is 5.56 Å². The minimum atomic E-state index is -0.692. The topological polar surface area (TPSA) is 97.8 Å². The summed E-state index contributed by atoms with van der Waals surface area (Å²) in [6, 6.07) is 5.51. The van der Waals surface area contributed by atoms with Gasteiger partial charge in [0.05, 0.1) is 17.6 Å². The summed E-state index contributed by atoms with van der Waals surface area (Å²) in [5.74, 6) is -0.863. The molecule has 0 saturated heterocycles. The summed E-state index contributed by atoms with van der Waals surface area (Å²) in [5, 5.41) is 0. The first-order chi connectivity index (χ1) is 10.1. The molecule has 7 nitrogen and oxygen atoms in total. The van der Waals surface area contributed by atoms with E-state index in [1.165, 1.54) is 0 Å². The summed E-state index contributed by atoms with van der Waals surface area (Å²) in [6.07, 6.45) is 0. The highest BCUT2D eigenvalue weighted by atomic mass is 16.5. The molecular weight excluding hydrogens is 272 g/mol. The van der Waals surface area contributed by atoms with Crippen LogP contribution in [0.25, 0.3) is 22.2 Å². The number of benzene rings is 1. The lowest BCUT2D eigenvalue weighted by Crippen LogP contribution is -2.19. The molecule has 0 amide bonds. The van der Waals surface area contributed by atoms with E-state index in [0.717, 1.165) is 5.56 Å². The van der Waals surface area contributed by atoms with Gasteiger partial charge in [-0.3, -0.25) is 9.78 Å². The largest absolute Gasteiger partial charge is 0.460 e. The SMILES string of the molecule is CCOC(=O)c1nc2nc3cccc(C)c3nc2c(=O)[nH]1. The fourth-order valence-electron chi connectivity index (χ4n) is 2.03. The first kappa shape index (κ1) is 13.2. The van der Waals surface area contributed by atoms with Gasteiger partial charge in [-0.15, -0.1) is 0 Å². The number of rotatable bonds is 2. The highest BCUT2D eigenvalue weighted by molar-refractivity contribution is 5.89. The average molecular weight is 284 g/mol. The van der Waals surface area contributed by atoms with Crippen molar-refractivity contribution in [3.8, 4) is 0 Å². The molecule has 1 N–H and O–H groups in total. The second-order valence-corrected chi connectivity index (χ2v) is 4.47. The maximum absolute atomic E-state index is 12.1. The highest BCUT2D eigenvalue weighted by Gasteiger charge is 2.15. The summed E-state index contributed by atoms with van der Waals surface area (Å²) in [5.41, 5.74) is 1.89. The number of esters is 1. The molecule has 0 radical (unpaired) electrons. The van der Waals surface area contributed by atoms with Crippen LogP contribution in [-0.2, 0) is 4.74 Å². The van der Waals surface area contributed by atoms with E-state index >= 15 is 0 Å². The minimum absolute atomic E-state index is 0.102. The highest BCUT2D eigenvalue weighted by Crippen LogP contribution is 2.16. The fourth-order valence-corrected chi connectivity index (χ4v) is 2.03. The van der Waals surface area contributed by atoms with Crippen molar-refractivity contribution in [1.29, 1.82) is 0 Å². The second kappa shape index (κ2) is 4.93. The lowest BCUT2D eigenvalue weighted by Gasteiger charge is -2.04. The molecule has 2 aromatic heterocycles. The Bertz CT molecular complexity index is 917. The van der Waals surface area contributed by atoms with Crippen LogP contribution < -0.4 is 5.56 Å². The van der Waals surface area contributed by atoms with Gasteiger partial charge in [-0.2, -0.15) is 0 Å². The molecular formula is C14H12N4O3. The van der Waals surface area contributed by atoms with E-state index in [1.54, 1.807) is 13.0 Å². The molecule has 0 bridgehead atoms. The zero-order valence-electron chi connectivity index (χ0n) is 11.5. The lowest BCUT2D eigenvalue weighted by molar-refractivity contribution is 0.0512. The smallest absolute Gasteiger partial charge is 0.374 e. The predicted octanol–water partition coefficient (Wildman–Crippen LogP) is 1.35. The molecule has 1 aromatic carbocycles. The Labute approximate surface area is 119 Å². The standard InChI is InChI=1S/C14H12N4O3/c1-3-21-14(20)12-17-11-10(13(19)18-12)16-9-7(2)5-4-6-8(9)15-11/h4-6H,3H2,1-2H3,(H,15,17,18,19). The summed E-state index contributed by atoms with van der Waals surface area (Å²) >= 11 is 0. The van der Waals surface area contributed by atoms with E-state index in [9.17, 15) is 9.59 Å². The van der Waals surface area contributed by atoms with E-state index in [2.05, 4.69) is 19.9 Å². The summed E-state index contributed by atoms with van der Waals surface area (Å²) in [4.78, 5) is 38.7. The number of carbonyl (C=O) groups is 1. The van der Waals surface area contributed by atoms with Crippen LogP contribution in [0.3, 0.4) is 0 Å². The number of aromatic amines is 1. The van der Waals surface area contributed by atoms with E-state index in [4.69, 9.17) is 4.74 Å². The van der Waals surface area contributed by atoms with Crippen LogP contribution in [0.1, 0.15) is 23.1 Å². The second-order valence-electron chi connectivity index (χ2n) is 4.47. The summed E-state index contributed by atoms with van der Waals surface area (Å²) in [6.45, 7) is 3.76. The molecule has 3 rings (SSSR count). The van der Waals surface area contributed by atoms with Crippen LogP contribution in [0.5, 0.6) is 0 Å². The van der Waals surface area contributed by atoms with E-state index in [0.29, 0.717) is 11.0 Å². The van der Waals surface area contributed by atoms with Gasteiger partial charge in [-0.05, 0) is 25.5 Å². The van der Waals surface area contributed by atoms with Crippen LogP contribution in [0.2, 0.25) is 0 Å². The van der Waals surface area contributed by atoms with Crippen LogP contribution in [0, 0.1) is 6.92 Å². The molecule has 106 valence electrons. The Morgan fingerprint density at radius 1 is 1.24 bits per heavy atom. The van der Waals surface area contributed by atoms with Crippen molar-refractivity contribution in [3.63, 3.8) is 0 Å². The van der Waals surface area contributed by atoms with Crippen molar-refractivity contribution >= 4 is 28.2 Å². The zero-order valence-corrected chi connectivity index (χ0v) is 11.5. The molecule has 0 aliphatic heterocycles. The van der Waals surface area contributed by atoms with Crippen molar-refractivity contribution in [1.82, 2.24) is 19.9 Å². The Kier molecular flexibility index (Phi) is 3.09. The van der Waals surface area contributed by atoms with Gasteiger partial charge in [0.1, 0.15) is 0 Å². The van der Waals surface area contributed by atoms with E-state index < -0.39 is 11.5 Å². The Morgan fingerprint density at radius 3 is 2.81 bits per heavy atom. The van der Waals surface area contributed by atoms with Crippen molar-refractivity contribution < 1.29 is 9.53 Å². The molecule has 2 heterocycles. The molecule has 0 spiro atoms. The van der Waals surface area contributed by atoms with Gasteiger partial charge in [-0.1, -0.05) is 12.1 Å². The fraction of sp³-hybridized carbons (Fsp3) is 0.214. The number of para-hydroxylation sites is 1. The molecule has 0 atom stereocenters. The number of nitrogens with one attached hydrogen (secondary N) is 1. The molecule has 21 heavy (non-hydrogen) atoms. The number of fused-ring (bicyclic) bond motifs is 2. The minimum Gasteiger partial charge on any atom is -0.460 e. The summed E-state index contributed by atoms with van der Waals surface area (Å²) in [7, 11) is 0. The molecule has 0 aliphatic rings. The maximum atomic E-state index is 12.1. The van der Waals surface area contributed by atoms with Crippen LogP contribution >= 0.6 is 0 Å². The Hall–Kier alpha value is -2.83. The number of ether oxygens (including phenoxy) is 1. The molecule has 0 unspecified atom stereocenters. The average Bonchev–Trinajstić information content (AvgIpc) is 2.46. The van der Waals surface area contributed by atoms with Crippen molar-refractivity contribution in [2.24, 2.45) is 0 Å². The predicted molar refractivity (Wildman–Crippen MR) is 76.2 cm³/mol. The van der Waals surface area contributed by atoms with Gasteiger partial charge in [-0.25, -0.2) is 19.7 Å². The van der Waals surface area contributed by atoms with Crippen molar-refractivity contribution in [2.45, 2.75) is 13.8 Å². The Balaban J connectivity index is 2.30. The van der Waals surface area contributed by atoms with E-state index in [-0.39, 0.29) is 23.6 Å². The zero-order chi connectivity index (χ0) is 15.0. The number of aryl methyl sites for hydroxylation is 1. The third-order valence-electron chi connectivity index (χ3n) is 3.01. The van der Waals surface area contributed by atoms with Crippen LogP contribution in [0.4, 0.5) is 0 Å². The van der Waals surface area contributed by atoms with Gasteiger partial charge in [0, 0.05) is 0 Å². The Morgan fingerprint density at radius 2 is 2.05 bits per heavy atom. The number of hydrogen-bond donors (Lipinski definition) is 1. The van der Waals surface area contributed by atoms with E-state index in [1.807, 2.05) is 19.1 Å². The number of carbonyl (C=O) groups excluding carboxylic acids is 1. The molecule has 0 fully saturated rings. The number of H-pyrrole nitrogens is 1. The van der Waals surface area contributed by atoms with Crippen LogP contribution in [0.15, 0.2) is 23.0 Å². The summed E-state index contributed by atoms with van der Waals surface area (Å²) < 4.78 is 4.82. The number of hydrogen-bond acceptors (Lipinski definition) is 6. The van der Waals surface area contributed by atoms with Gasteiger partial charge < -0.3 is 4.74 Å². The van der Waals surface area contributed by atoms with Crippen LogP contribution in [-0.4, -0.2) is 32.5 Å². The molecule has 0 saturated carbocycles. The van der Waals surface area contributed by atoms with Crippen molar-refractivity contribution in [2.75, 3.05) is 6.61 Å². The van der Waals surface area contributed by atoms with Gasteiger partial charge in [0.2, 0.25) is 5.82 Å². The molecule has 7 heteroatoms. The lowest BCUT2D eigenvalue weighted by atomic mass is 10.2. The molecule has 0 aliphatic carbocycles. The third-order valence-corrected chi connectivity index (χ3v) is 3.01. The molecule has 3 aromatic rings. The van der Waals surface area contributed by atoms with Crippen molar-refractivity contribution in [3.05, 3.63) is 39.9 Å². The number of aromatic nitrogens is 4. The first-order valence-electron chi connectivity index (χ1n) is 6.44. The first-order valence-corrected chi connectivity index (χ1v) is 6.44. The third kappa shape index (κ3) is 2.22. The number of nitrogens with zero attached hydrogens (tertiary/aromatic N) is 3. The maximum Gasteiger partial charge on any atom is 0.374 e.